The van der Waals surface area contributed by atoms with Gasteiger partial charge in [-0.1, -0.05) is 45.4 Å². The van der Waals surface area contributed by atoms with Gasteiger partial charge in [0.05, 0.1) is 48.7 Å². The third-order valence-corrected chi connectivity index (χ3v) is 12.1. The highest BCUT2D eigenvalue weighted by Crippen LogP contribution is 2.44. The summed E-state index contributed by atoms with van der Waals surface area (Å²) in [6.45, 7) is 13.8. The molecule has 3 aromatic carbocycles. The van der Waals surface area contributed by atoms with E-state index in [0.717, 1.165) is 86.4 Å². The first kappa shape index (κ1) is 40.2. The quantitative estimate of drug-likeness (QED) is 0.133. The van der Waals surface area contributed by atoms with Gasteiger partial charge in [-0.25, -0.2) is 19.6 Å². The van der Waals surface area contributed by atoms with Crippen LogP contribution in [0.2, 0.25) is 0 Å². The van der Waals surface area contributed by atoms with Gasteiger partial charge in [-0.15, -0.1) is 0 Å². The van der Waals surface area contributed by atoms with Gasteiger partial charge in [-0.2, -0.15) is 0 Å². The minimum atomic E-state index is -0.693. The van der Waals surface area contributed by atoms with E-state index in [2.05, 4.69) is 58.6 Å². The van der Waals surface area contributed by atoms with Crippen molar-refractivity contribution in [3.8, 4) is 28.1 Å². The number of aromatic nitrogens is 4. The maximum absolute atomic E-state index is 13.9. The molecule has 2 aromatic heterocycles. The van der Waals surface area contributed by atoms with Gasteiger partial charge in [0.1, 0.15) is 35.6 Å². The Kier molecular flexibility index (Phi) is 10.8. The summed E-state index contributed by atoms with van der Waals surface area (Å²) in [6.07, 6.45) is 3.06. The first-order valence-corrected chi connectivity index (χ1v) is 20.7. The summed E-state index contributed by atoms with van der Waals surface area (Å²) in [6, 6.07) is 13.5. The normalized spacial score (nSPS) is 21.2. The van der Waals surface area contributed by atoms with Crippen LogP contribution in [0.25, 0.3) is 44.2 Å². The zero-order chi connectivity index (χ0) is 41.7. The van der Waals surface area contributed by atoms with Gasteiger partial charge in [-0.3, -0.25) is 9.69 Å². The summed E-state index contributed by atoms with van der Waals surface area (Å²) in [4.78, 5) is 60.0. The van der Waals surface area contributed by atoms with E-state index in [4.69, 9.17) is 28.9 Å². The largest absolute Gasteiger partial charge is 0.488 e. The van der Waals surface area contributed by atoms with E-state index < -0.39 is 17.7 Å². The molecule has 5 aromatic rings. The van der Waals surface area contributed by atoms with Crippen LogP contribution in [-0.4, -0.2) is 93.4 Å². The molecule has 0 radical (unpaired) electrons. The first-order chi connectivity index (χ1) is 28.2. The number of nitrogens with zero attached hydrogens (tertiary/aromatic N) is 4. The molecule has 3 aliphatic heterocycles. The van der Waals surface area contributed by atoms with E-state index in [9.17, 15) is 14.4 Å². The van der Waals surface area contributed by atoms with E-state index in [1.54, 1.807) is 12.0 Å². The fraction of sp³-hybridized carbons (Fsp3) is 0.489. The van der Waals surface area contributed by atoms with E-state index >= 15 is 0 Å². The van der Waals surface area contributed by atoms with E-state index in [1.165, 1.54) is 7.11 Å². The van der Waals surface area contributed by atoms with Crippen molar-refractivity contribution in [2.75, 3.05) is 33.9 Å². The Bertz CT molecular complexity index is 2400. The van der Waals surface area contributed by atoms with Gasteiger partial charge >= 0.3 is 12.2 Å². The van der Waals surface area contributed by atoms with Gasteiger partial charge in [0, 0.05) is 37.1 Å². The van der Waals surface area contributed by atoms with Crippen molar-refractivity contribution >= 4 is 39.9 Å². The van der Waals surface area contributed by atoms with Crippen molar-refractivity contribution in [1.82, 2.24) is 35.1 Å². The minimum absolute atomic E-state index is 0.0689. The second kappa shape index (κ2) is 15.9. The SMILES string of the molecule is CC[C@H](C)C(NC(=O)OC)C(=O)N1C[C@@H](C)C[C@H]1c1ncc(-c2ccc3c(c2)COc2cc4c(ccc5nc([C@@H]6C[C@H](COC)CN6C(=O)OC(C)(C)C)[nH]c54)cc2-3)[nH]1. The molecule has 0 aliphatic carbocycles. The molecule has 1 unspecified atom stereocenters. The molecule has 5 heterocycles. The number of fused-ring (bicyclic) bond motifs is 6. The number of rotatable bonds is 9. The monoisotopic (exact) mass is 805 g/mol. The van der Waals surface area contributed by atoms with Crippen LogP contribution in [0, 0.1) is 17.8 Å². The number of aromatic amines is 2. The smallest absolute Gasteiger partial charge is 0.410 e. The van der Waals surface area contributed by atoms with E-state index in [0.29, 0.717) is 26.3 Å². The molecular weight excluding hydrogens is 751 g/mol. The number of amides is 3. The van der Waals surface area contributed by atoms with Crippen LogP contribution in [0.1, 0.15) is 90.1 Å². The molecule has 2 fully saturated rings. The number of nitrogens with one attached hydrogen (secondary N) is 3. The van der Waals surface area contributed by atoms with Crippen molar-refractivity contribution < 1.29 is 33.3 Å². The maximum Gasteiger partial charge on any atom is 0.410 e. The summed E-state index contributed by atoms with van der Waals surface area (Å²) >= 11 is 0. The highest BCUT2D eigenvalue weighted by Gasteiger charge is 2.42. The molecule has 59 heavy (non-hydrogen) atoms. The number of benzene rings is 3. The van der Waals surface area contributed by atoms with Crippen molar-refractivity contribution in [2.45, 2.75) is 91.1 Å². The molecule has 3 amide bonds. The van der Waals surface area contributed by atoms with Crippen LogP contribution >= 0.6 is 0 Å². The molecule has 14 nitrogen and oxygen atoms in total. The molecule has 2 saturated heterocycles. The average molecular weight is 806 g/mol. The van der Waals surface area contributed by atoms with Gasteiger partial charge in [0.25, 0.3) is 0 Å². The number of carbonyl (C=O) groups is 3. The Morgan fingerprint density at radius 2 is 1.78 bits per heavy atom. The molecule has 0 spiro atoms. The molecule has 6 atom stereocenters. The van der Waals surface area contributed by atoms with Gasteiger partial charge < -0.3 is 39.1 Å². The van der Waals surface area contributed by atoms with Gasteiger partial charge in [0.2, 0.25) is 5.91 Å². The Morgan fingerprint density at radius 3 is 2.53 bits per heavy atom. The fourth-order valence-corrected chi connectivity index (χ4v) is 8.95. The Morgan fingerprint density at radius 1 is 0.983 bits per heavy atom. The number of carbonyl (C=O) groups excluding carboxylic acids is 3. The van der Waals surface area contributed by atoms with Crippen LogP contribution in [0.15, 0.2) is 48.7 Å². The molecular formula is C45H55N7O7. The van der Waals surface area contributed by atoms with Crippen LogP contribution in [0.5, 0.6) is 5.75 Å². The second-order valence-electron chi connectivity index (χ2n) is 17.5. The summed E-state index contributed by atoms with van der Waals surface area (Å²) < 4.78 is 22.5. The average Bonchev–Trinajstić information content (AvgIpc) is 4.03. The number of imidazole rings is 2. The second-order valence-corrected chi connectivity index (χ2v) is 17.5. The number of H-pyrrole nitrogens is 2. The molecule has 3 N–H and O–H groups in total. The summed E-state index contributed by atoms with van der Waals surface area (Å²) in [5.74, 6) is 2.48. The predicted octanol–water partition coefficient (Wildman–Crippen LogP) is 8.29. The lowest BCUT2D eigenvalue weighted by Crippen LogP contribution is -2.51. The Balaban J connectivity index is 1.05. The zero-order valence-corrected chi connectivity index (χ0v) is 35.2. The molecule has 14 heteroatoms. The predicted molar refractivity (Wildman–Crippen MR) is 224 cm³/mol. The molecule has 0 bridgehead atoms. The third kappa shape index (κ3) is 7.82. The van der Waals surface area contributed by atoms with E-state index in [1.807, 2.05) is 51.8 Å². The van der Waals surface area contributed by atoms with Crippen molar-refractivity contribution in [2.24, 2.45) is 17.8 Å². The molecule has 0 saturated carbocycles. The number of hydrogen-bond acceptors (Lipinski definition) is 9. The van der Waals surface area contributed by atoms with Crippen molar-refractivity contribution in [1.29, 1.82) is 0 Å². The Hall–Kier alpha value is -5.63. The highest BCUT2D eigenvalue weighted by molar-refractivity contribution is 6.07. The standard InChI is InChI=1S/C45H55N7O7/c1-9-25(3)38(50-43(54)57-8)42(53)51-20-24(2)14-35(51)40-46-19-34(48-40)28-10-12-30-29(16-28)23-58-37-18-31-27(17-32(30)37)11-13-33-39(31)49-41(47-33)36-15-26(22-56-7)21-52(36)44(55)59-45(4,5)6/h10-13,16-19,24-26,35-36,38H,9,14-15,20-23H2,1-8H3,(H,46,48)(H,47,49)(H,50,54)/t24-,25-,26-,35-,36-,38?/m0/s1. The van der Waals surface area contributed by atoms with Crippen LogP contribution < -0.4 is 10.1 Å². The van der Waals surface area contributed by atoms with Crippen molar-refractivity contribution in [3.63, 3.8) is 0 Å². The number of methoxy groups -OCH3 is 2. The summed E-state index contributed by atoms with van der Waals surface area (Å²) in [7, 11) is 2.99. The molecule has 312 valence electrons. The lowest BCUT2D eigenvalue weighted by molar-refractivity contribution is -0.135. The van der Waals surface area contributed by atoms with Crippen LogP contribution in [0.4, 0.5) is 9.59 Å². The minimum Gasteiger partial charge on any atom is -0.488 e. The van der Waals surface area contributed by atoms with E-state index in [-0.39, 0.29) is 41.8 Å². The van der Waals surface area contributed by atoms with Crippen LogP contribution in [0.3, 0.4) is 0 Å². The highest BCUT2D eigenvalue weighted by atomic mass is 16.6. The number of hydrogen-bond donors (Lipinski definition) is 3. The summed E-state index contributed by atoms with van der Waals surface area (Å²) in [5.41, 5.74) is 6.08. The van der Waals surface area contributed by atoms with Gasteiger partial charge in [0.15, 0.2) is 0 Å². The summed E-state index contributed by atoms with van der Waals surface area (Å²) in [5, 5.41) is 4.81. The molecule has 3 aliphatic rings. The first-order valence-electron chi connectivity index (χ1n) is 20.7. The number of alkyl carbamates (subject to hydrolysis) is 1. The fourth-order valence-electron chi connectivity index (χ4n) is 8.95. The topological polar surface area (TPSA) is 164 Å². The zero-order valence-electron chi connectivity index (χ0n) is 35.2. The van der Waals surface area contributed by atoms with Crippen LogP contribution in [-0.2, 0) is 25.6 Å². The lowest BCUT2D eigenvalue weighted by atomic mass is 9.92. The lowest BCUT2D eigenvalue weighted by Gasteiger charge is -2.30. The van der Waals surface area contributed by atoms with Crippen molar-refractivity contribution in [3.05, 3.63) is 65.9 Å². The molecule has 8 rings (SSSR count). The number of ether oxygens (including phenoxy) is 4. The maximum atomic E-state index is 13.9. The Labute approximate surface area is 344 Å². The third-order valence-electron chi connectivity index (χ3n) is 12.1. The van der Waals surface area contributed by atoms with Gasteiger partial charge in [-0.05, 0) is 91.8 Å². The number of likely N-dealkylation sites (tertiary alicyclic amines) is 2.